The highest BCUT2D eigenvalue weighted by Crippen LogP contribution is 2.20. The molecule has 1 N–H and O–H groups in total. The number of para-hydroxylation sites is 2. The first-order valence-electron chi connectivity index (χ1n) is 7.59. The minimum absolute atomic E-state index is 0.0881. The normalized spacial score (nSPS) is 12.6. The van der Waals surface area contributed by atoms with Crippen LogP contribution in [0.1, 0.15) is 32.2 Å². The van der Waals surface area contributed by atoms with Crippen LogP contribution in [0.25, 0.3) is 11.0 Å². The van der Waals surface area contributed by atoms with E-state index in [4.69, 9.17) is 0 Å². The van der Waals surface area contributed by atoms with Gasteiger partial charge < -0.3 is 5.32 Å². The van der Waals surface area contributed by atoms with E-state index in [0.717, 1.165) is 29.0 Å². The smallest absolute Gasteiger partial charge is 0.232 e. The SMILES string of the molecule is Cc1nc2ccccc2nc1CSC(C)C(=O)NCC(C)C. The number of carbonyl (C=O) groups is 1. The summed E-state index contributed by atoms with van der Waals surface area (Å²) < 4.78 is 0. The van der Waals surface area contributed by atoms with Gasteiger partial charge >= 0.3 is 0 Å². The molecule has 0 aliphatic carbocycles. The van der Waals surface area contributed by atoms with Gasteiger partial charge in [-0.25, -0.2) is 9.97 Å². The van der Waals surface area contributed by atoms with Crippen molar-refractivity contribution in [3.63, 3.8) is 0 Å². The average Bonchev–Trinajstić information content (AvgIpc) is 2.50. The molecular formula is C17H23N3OS. The fourth-order valence-corrected chi connectivity index (χ4v) is 2.91. The van der Waals surface area contributed by atoms with Crippen LogP contribution in [-0.2, 0) is 10.5 Å². The molecule has 4 nitrogen and oxygen atoms in total. The zero-order valence-electron chi connectivity index (χ0n) is 13.6. The molecule has 22 heavy (non-hydrogen) atoms. The lowest BCUT2D eigenvalue weighted by Crippen LogP contribution is -2.33. The van der Waals surface area contributed by atoms with E-state index in [-0.39, 0.29) is 11.2 Å². The lowest BCUT2D eigenvalue weighted by atomic mass is 10.2. The van der Waals surface area contributed by atoms with Gasteiger partial charge in [-0.05, 0) is 31.9 Å². The van der Waals surface area contributed by atoms with Crippen molar-refractivity contribution in [3.8, 4) is 0 Å². The van der Waals surface area contributed by atoms with Crippen LogP contribution >= 0.6 is 11.8 Å². The van der Waals surface area contributed by atoms with E-state index in [9.17, 15) is 4.79 Å². The Morgan fingerprint density at radius 3 is 2.45 bits per heavy atom. The summed E-state index contributed by atoms with van der Waals surface area (Å²) in [6.07, 6.45) is 0. The maximum absolute atomic E-state index is 12.0. The van der Waals surface area contributed by atoms with Crippen molar-refractivity contribution in [1.29, 1.82) is 0 Å². The molecule has 5 heteroatoms. The molecule has 1 aromatic carbocycles. The quantitative estimate of drug-likeness (QED) is 0.888. The van der Waals surface area contributed by atoms with Crippen LogP contribution in [0.4, 0.5) is 0 Å². The van der Waals surface area contributed by atoms with Crippen molar-refractivity contribution in [2.75, 3.05) is 6.54 Å². The summed E-state index contributed by atoms with van der Waals surface area (Å²) >= 11 is 1.60. The van der Waals surface area contributed by atoms with Crippen LogP contribution in [0.2, 0.25) is 0 Å². The molecule has 0 aliphatic rings. The van der Waals surface area contributed by atoms with E-state index in [0.29, 0.717) is 11.7 Å². The summed E-state index contributed by atoms with van der Waals surface area (Å²) in [4.78, 5) is 21.2. The molecule has 0 spiro atoms. The van der Waals surface area contributed by atoms with E-state index in [1.165, 1.54) is 0 Å². The van der Waals surface area contributed by atoms with Crippen LogP contribution in [0.5, 0.6) is 0 Å². The Morgan fingerprint density at radius 2 is 1.82 bits per heavy atom. The third kappa shape index (κ3) is 4.44. The molecule has 0 aliphatic heterocycles. The van der Waals surface area contributed by atoms with E-state index in [1.54, 1.807) is 11.8 Å². The van der Waals surface area contributed by atoms with Gasteiger partial charge in [0.15, 0.2) is 0 Å². The third-order valence-electron chi connectivity index (χ3n) is 3.37. The molecular weight excluding hydrogens is 294 g/mol. The van der Waals surface area contributed by atoms with Crippen LogP contribution in [0.3, 0.4) is 0 Å². The average molecular weight is 317 g/mol. The number of fused-ring (bicyclic) bond motifs is 1. The number of amides is 1. The molecule has 1 atom stereocenters. The Balaban J connectivity index is 1.99. The van der Waals surface area contributed by atoms with Crippen molar-refractivity contribution in [1.82, 2.24) is 15.3 Å². The molecule has 1 aromatic heterocycles. The fraction of sp³-hybridized carbons (Fsp3) is 0.471. The number of benzene rings is 1. The monoisotopic (exact) mass is 317 g/mol. The van der Waals surface area contributed by atoms with Gasteiger partial charge in [-0.15, -0.1) is 11.8 Å². The molecule has 0 saturated carbocycles. The lowest BCUT2D eigenvalue weighted by molar-refractivity contribution is -0.120. The Labute approximate surface area is 136 Å². The molecule has 0 fully saturated rings. The second-order valence-corrected chi connectivity index (χ2v) is 7.17. The number of carbonyl (C=O) groups excluding carboxylic acids is 1. The van der Waals surface area contributed by atoms with Crippen molar-refractivity contribution >= 4 is 28.7 Å². The van der Waals surface area contributed by atoms with Gasteiger partial charge in [-0.1, -0.05) is 26.0 Å². The summed E-state index contributed by atoms with van der Waals surface area (Å²) in [5.41, 5.74) is 3.70. The minimum atomic E-state index is -0.0913. The summed E-state index contributed by atoms with van der Waals surface area (Å²) in [6, 6.07) is 7.86. The Kier molecular flexibility index (Phi) is 5.77. The zero-order chi connectivity index (χ0) is 16.1. The molecule has 0 radical (unpaired) electrons. The van der Waals surface area contributed by atoms with E-state index >= 15 is 0 Å². The highest BCUT2D eigenvalue weighted by atomic mass is 32.2. The van der Waals surface area contributed by atoms with Gasteiger partial charge in [0.05, 0.1) is 27.7 Å². The fourth-order valence-electron chi connectivity index (χ4n) is 1.99. The molecule has 1 heterocycles. The summed E-state index contributed by atoms with van der Waals surface area (Å²) in [5, 5.41) is 2.88. The van der Waals surface area contributed by atoms with Gasteiger partial charge in [0.25, 0.3) is 0 Å². The number of aromatic nitrogens is 2. The van der Waals surface area contributed by atoms with E-state index in [1.807, 2.05) is 38.1 Å². The molecule has 2 aromatic rings. The number of thioether (sulfide) groups is 1. The van der Waals surface area contributed by atoms with Crippen molar-refractivity contribution in [2.45, 2.75) is 38.7 Å². The van der Waals surface area contributed by atoms with Crippen LogP contribution in [0, 0.1) is 12.8 Å². The Hall–Kier alpha value is -1.62. The second-order valence-electron chi connectivity index (χ2n) is 5.84. The number of hydrogen-bond donors (Lipinski definition) is 1. The predicted molar refractivity (Wildman–Crippen MR) is 92.9 cm³/mol. The topological polar surface area (TPSA) is 54.9 Å². The first kappa shape index (κ1) is 16.7. The van der Waals surface area contributed by atoms with Crippen molar-refractivity contribution in [2.24, 2.45) is 5.92 Å². The van der Waals surface area contributed by atoms with Crippen LogP contribution < -0.4 is 5.32 Å². The summed E-state index contributed by atoms with van der Waals surface area (Å²) in [5.74, 6) is 1.25. The second kappa shape index (κ2) is 7.58. The molecule has 2 rings (SSSR count). The van der Waals surface area contributed by atoms with Crippen molar-refractivity contribution in [3.05, 3.63) is 35.7 Å². The maximum atomic E-state index is 12.0. The molecule has 118 valence electrons. The molecule has 0 saturated heterocycles. The number of hydrogen-bond acceptors (Lipinski definition) is 4. The summed E-state index contributed by atoms with van der Waals surface area (Å²) in [6.45, 7) is 8.81. The number of rotatable bonds is 6. The first-order chi connectivity index (χ1) is 10.5. The van der Waals surface area contributed by atoms with Gasteiger partial charge in [0, 0.05) is 12.3 Å². The predicted octanol–water partition coefficient (Wildman–Crippen LogP) is 3.33. The highest BCUT2D eigenvalue weighted by Gasteiger charge is 2.15. The maximum Gasteiger partial charge on any atom is 0.232 e. The largest absolute Gasteiger partial charge is 0.355 e. The highest BCUT2D eigenvalue weighted by molar-refractivity contribution is 7.99. The molecule has 0 bridgehead atoms. The molecule has 1 amide bonds. The third-order valence-corrected chi connectivity index (χ3v) is 4.52. The molecule has 1 unspecified atom stereocenters. The van der Waals surface area contributed by atoms with E-state index < -0.39 is 0 Å². The Morgan fingerprint density at radius 1 is 1.18 bits per heavy atom. The number of nitrogens with zero attached hydrogens (tertiary/aromatic N) is 2. The number of nitrogens with one attached hydrogen (secondary N) is 1. The lowest BCUT2D eigenvalue weighted by Gasteiger charge is -2.14. The van der Waals surface area contributed by atoms with Crippen molar-refractivity contribution < 1.29 is 4.79 Å². The van der Waals surface area contributed by atoms with Gasteiger partial charge in [-0.2, -0.15) is 0 Å². The van der Waals surface area contributed by atoms with Crippen LogP contribution in [0.15, 0.2) is 24.3 Å². The zero-order valence-corrected chi connectivity index (χ0v) is 14.4. The first-order valence-corrected chi connectivity index (χ1v) is 8.64. The summed E-state index contributed by atoms with van der Waals surface area (Å²) in [7, 11) is 0. The minimum Gasteiger partial charge on any atom is -0.355 e. The van der Waals surface area contributed by atoms with Gasteiger partial charge in [0.2, 0.25) is 5.91 Å². The Bertz CT molecular complexity index is 657. The van der Waals surface area contributed by atoms with Gasteiger partial charge in [-0.3, -0.25) is 4.79 Å². The standard InChI is InChI=1S/C17H23N3OS/c1-11(2)9-18-17(21)13(4)22-10-16-12(3)19-14-7-5-6-8-15(14)20-16/h5-8,11,13H,9-10H2,1-4H3,(H,18,21). The van der Waals surface area contributed by atoms with Gasteiger partial charge in [0.1, 0.15) is 0 Å². The number of aryl methyl sites for hydroxylation is 1. The van der Waals surface area contributed by atoms with Crippen LogP contribution in [-0.4, -0.2) is 27.7 Å². The van der Waals surface area contributed by atoms with E-state index in [2.05, 4.69) is 29.1 Å².